The highest BCUT2D eigenvalue weighted by Gasteiger charge is 2.29. The van der Waals surface area contributed by atoms with Crippen molar-refractivity contribution in [3.05, 3.63) is 24.4 Å². The van der Waals surface area contributed by atoms with E-state index in [0.717, 1.165) is 18.7 Å². The number of piperidine rings is 1. The Morgan fingerprint density at radius 3 is 2.59 bits per heavy atom. The summed E-state index contributed by atoms with van der Waals surface area (Å²) in [5.41, 5.74) is -0.473. The molecule has 2 heterocycles. The van der Waals surface area contributed by atoms with Crippen LogP contribution < -0.4 is 4.90 Å². The molecule has 1 aromatic heterocycles. The summed E-state index contributed by atoms with van der Waals surface area (Å²) in [5, 5.41) is 9.64. The van der Waals surface area contributed by atoms with Crippen molar-refractivity contribution in [2.45, 2.75) is 45.3 Å². The second-order valence-corrected chi connectivity index (χ2v) is 6.50. The number of rotatable bonds is 3. The minimum atomic E-state index is -0.473. The van der Waals surface area contributed by atoms with Gasteiger partial charge in [-0.25, -0.2) is 9.78 Å². The number of aromatic nitrogens is 1. The standard InChI is InChI=1S/C16H25N3O3/c1-16(2,3)22-15(21)18-10-7-13(8-11-18)19(12-20)14-6-4-5-9-17-14/h4-6,9,13,20H,7-8,10-12H2,1-3H3. The Labute approximate surface area is 131 Å². The lowest BCUT2D eigenvalue weighted by atomic mass is 10.0. The fourth-order valence-electron chi connectivity index (χ4n) is 2.59. The maximum Gasteiger partial charge on any atom is 0.410 e. The molecule has 0 bridgehead atoms. The maximum atomic E-state index is 12.1. The second-order valence-electron chi connectivity index (χ2n) is 6.50. The van der Waals surface area contributed by atoms with Crippen LogP contribution in [0.3, 0.4) is 0 Å². The molecule has 0 spiro atoms. The quantitative estimate of drug-likeness (QED) is 0.868. The Morgan fingerprint density at radius 2 is 2.09 bits per heavy atom. The van der Waals surface area contributed by atoms with E-state index in [-0.39, 0.29) is 18.9 Å². The number of aliphatic hydroxyl groups is 1. The van der Waals surface area contributed by atoms with Gasteiger partial charge in [0.05, 0.1) is 0 Å². The van der Waals surface area contributed by atoms with Crippen LogP contribution in [0.5, 0.6) is 0 Å². The van der Waals surface area contributed by atoms with Crippen molar-refractivity contribution in [1.82, 2.24) is 9.88 Å². The molecule has 2 rings (SSSR count). The van der Waals surface area contributed by atoms with Crippen LogP contribution in [0.4, 0.5) is 10.6 Å². The Hall–Kier alpha value is -1.82. The van der Waals surface area contributed by atoms with E-state index in [1.807, 2.05) is 43.9 Å². The normalized spacial score (nSPS) is 16.5. The highest BCUT2D eigenvalue weighted by atomic mass is 16.6. The van der Waals surface area contributed by atoms with Gasteiger partial charge >= 0.3 is 6.09 Å². The molecule has 22 heavy (non-hydrogen) atoms. The minimum Gasteiger partial charge on any atom is -0.444 e. The topological polar surface area (TPSA) is 65.9 Å². The third kappa shape index (κ3) is 4.34. The molecule has 1 aliphatic rings. The molecule has 0 unspecified atom stereocenters. The first-order valence-corrected chi connectivity index (χ1v) is 7.67. The van der Waals surface area contributed by atoms with Gasteiger partial charge in [0.1, 0.15) is 18.1 Å². The number of hydrogen-bond donors (Lipinski definition) is 1. The smallest absolute Gasteiger partial charge is 0.410 e. The van der Waals surface area contributed by atoms with Crippen molar-refractivity contribution in [2.24, 2.45) is 0 Å². The van der Waals surface area contributed by atoms with Crippen molar-refractivity contribution in [3.63, 3.8) is 0 Å². The predicted octanol–water partition coefficient (Wildman–Crippen LogP) is 2.24. The molecule has 1 N–H and O–H groups in total. The number of anilines is 1. The molecule has 0 saturated carbocycles. The summed E-state index contributed by atoms with van der Waals surface area (Å²) < 4.78 is 5.40. The summed E-state index contributed by atoms with van der Waals surface area (Å²) in [6.45, 7) is 6.78. The number of ether oxygens (including phenoxy) is 1. The lowest BCUT2D eigenvalue weighted by molar-refractivity contribution is 0.0201. The van der Waals surface area contributed by atoms with E-state index >= 15 is 0 Å². The molecule has 6 heteroatoms. The van der Waals surface area contributed by atoms with Gasteiger partial charge in [-0.3, -0.25) is 0 Å². The van der Waals surface area contributed by atoms with E-state index in [2.05, 4.69) is 4.98 Å². The number of pyridine rings is 1. The van der Waals surface area contributed by atoms with Crippen LogP contribution in [0.25, 0.3) is 0 Å². The summed E-state index contributed by atoms with van der Waals surface area (Å²) >= 11 is 0. The van der Waals surface area contributed by atoms with Crippen LogP contribution in [0.1, 0.15) is 33.6 Å². The van der Waals surface area contributed by atoms with Gasteiger partial charge in [0.25, 0.3) is 0 Å². The molecule has 0 radical (unpaired) electrons. The second kappa shape index (κ2) is 6.96. The summed E-state index contributed by atoms with van der Waals surface area (Å²) in [5.74, 6) is 0.765. The summed E-state index contributed by atoms with van der Waals surface area (Å²) in [7, 11) is 0. The van der Waals surface area contributed by atoms with Crippen LogP contribution in [0.2, 0.25) is 0 Å². The van der Waals surface area contributed by atoms with Gasteiger partial charge in [0, 0.05) is 25.3 Å². The van der Waals surface area contributed by atoms with Gasteiger partial charge in [-0.2, -0.15) is 0 Å². The number of carbonyl (C=O) groups is 1. The molecule has 1 aromatic rings. The first kappa shape index (κ1) is 16.5. The summed E-state index contributed by atoms with van der Waals surface area (Å²) in [4.78, 5) is 20.0. The Balaban J connectivity index is 1.92. The SMILES string of the molecule is CC(C)(C)OC(=O)N1CCC(N(CO)c2ccccn2)CC1. The molecule has 0 aliphatic carbocycles. The number of amides is 1. The molecule has 6 nitrogen and oxygen atoms in total. The van der Waals surface area contributed by atoms with E-state index in [0.29, 0.717) is 13.1 Å². The number of hydrogen-bond acceptors (Lipinski definition) is 5. The maximum absolute atomic E-state index is 12.1. The Bertz CT molecular complexity index is 479. The van der Waals surface area contributed by atoms with Crippen molar-refractivity contribution in [3.8, 4) is 0 Å². The fraction of sp³-hybridized carbons (Fsp3) is 0.625. The molecule has 1 aliphatic heterocycles. The number of carbonyl (C=O) groups excluding carboxylic acids is 1. The average Bonchev–Trinajstić information content (AvgIpc) is 2.48. The highest BCUT2D eigenvalue weighted by Crippen LogP contribution is 2.22. The van der Waals surface area contributed by atoms with Crippen molar-refractivity contribution < 1.29 is 14.6 Å². The Kier molecular flexibility index (Phi) is 5.24. The zero-order valence-electron chi connectivity index (χ0n) is 13.5. The zero-order valence-corrected chi connectivity index (χ0v) is 13.5. The number of likely N-dealkylation sites (tertiary alicyclic amines) is 1. The first-order valence-electron chi connectivity index (χ1n) is 7.67. The van der Waals surface area contributed by atoms with E-state index in [9.17, 15) is 9.90 Å². The van der Waals surface area contributed by atoms with Crippen molar-refractivity contribution in [2.75, 3.05) is 24.7 Å². The van der Waals surface area contributed by atoms with Crippen LogP contribution in [-0.2, 0) is 4.74 Å². The number of aliphatic hydroxyl groups excluding tert-OH is 1. The van der Waals surface area contributed by atoms with Crippen LogP contribution in [-0.4, -0.2) is 52.5 Å². The van der Waals surface area contributed by atoms with E-state index < -0.39 is 5.60 Å². The molecule has 0 aromatic carbocycles. The fourth-order valence-corrected chi connectivity index (χ4v) is 2.59. The van der Waals surface area contributed by atoms with Gasteiger partial charge in [0.15, 0.2) is 0 Å². The van der Waals surface area contributed by atoms with Crippen LogP contribution in [0, 0.1) is 0 Å². The van der Waals surface area contributed by atoms with Crippen molar-refractivity contribution in [1.29, 1.82) is 0 Å². The summed E-state index contributed by atoms with van der Waals surface area (Å²) in [6, 6.07) is 5.82. The molecule has 0 atom stereocenters. The largest absolute Gasteiger partial charge is 0.444 e. The summed E-state index contributed by atoms with van der Waals surface area (Å²) in [6.07, 6.45) is 3.03. The van der Waals surface area contributed by atoms with Gasteiger partial charge < -0.3 is 19.6 Å². The minimum absolute atomic E-state index is 0.0753. The van der Waals surface area contributed by atoms with E-state index in [1.54, 1.807) is 11.1 Å². The van der Waals surface area contributed by atoms with E-state index in [1.165, 1.54) is 0 Å². The van der Waals surface area contributed by atoms with Crippen LogP contribution >= 0.6 is 0 Å². The van der Waals surface area contributed by atoms with Gasteiger partial charge in [-0.05, 0) is 45.7 Å². The van der Waals surface area contributed by atoms with E-state index in [4.69, 9.17) is 4.74 Å². The van der Waals surface area contributed by atoms with Crippen molar-refractivity contribution >= 4 is 11.9 Å². The predicted molar refractivity (Wildman–Crippen MR) is 84.6 cm³/mol. The highest BCUT2D eigenvalue weighted by molar-refractivity contribution is 5.68. The third-order valence-electron chi connectivity index (χ3n) is 3.65. The van der Waals surface area contributed by atoms with Gasteiger partial charge in [-0.15, -0.1) is 0 Å². The molecular weight excluding hydrogens is 282 g/mol. The zero-order chi connectivity index (χ0) is 16.2. The first-order chi connectivity index (χ1) is 10.4. The molecule has 1 saturated heterocycles. The molecular formula is C16H25N3O3. The van der Waals surface area contributed by atoms with Gasteiger partial charge in [-0.1, -0.05) is 6.07 Å². The lowest BCUT2D eigenvalue weighted by Gasteiger charge is -2.38. The Morgan fingerprint density at radius 1 is 1.41 bits per heavy atom. The molecule has 1 fully saturated rings. The third-order valence-corrected chi connectivity index (χ3v) is 3.65. The lowest BCUT2D eigenvalue weighted by Crippen LogP contribution is -2.48. The molecule has 1 amide bonds. The monoisotopic (exact) mass is 307 g/mol. The van der Waals surface area contributed by atoms with Crippen LogP contribution in [0.15, 0.2) is 24.4 Å². The molecule has 122 valence electrons. The number of nitrogens with zero attached hydrogens (tertiary/aromatic N) is 3. The van der Waals surface area contributed by atoms with Gasteiger partial charge in [0.2, 0.25) is 0 Å². The average molecular weight is 307 g/mol.